The molecule has 0 amide bonds. The predicted octanol–water partition coefficient (Wildman–Crippen LogP) is 2.28. The van der Waals surface area contributed by atoms with E-state index in [0.29, 0.717) is 5.57 Å². The molecule has 0 fully saturated rings. The molecule has 0 aliphatic carbocycles. The standard InChI is InChI=1S/C15H19BrN2O4S/c1-4-22-15(19)14-10-18(23(20,21)17(3)11(14)2)9-12-5-7-13(16)8-6-12/h5-8,10-11H,4,9H2,1-3H3. The van der Waals surface area contributed by atoms with E-state index in [4.69, 9.17) is 4.74 Å². The van der Waals surface area contributed by atoms with Crippen LogP contribution in [-0.4, -0.2) is 42.7 Å². The molecule has 1 aliphatic rings. The zero-order valence-corrected chi connectivity index (χ0v) is 15.6. The SMILES string of the molecule is CCOC(=O)C1=CN(Cc2ccc(Br)cc2)S(=O)(=O)N(C)C1C. The minimum Gasteiger partial charge on any atom is -0.463 e. The maximum atomic E-state index is 12.6. The Kier molecular flexibility index (Phi) is 5.49. The maximum Gasteiger partial charge on any atom is 0.337 e. The van der Waals surface area contributed by atoms with Gasteiger partial charge in [-0.05, 0) is 31.5 Å². The normalized spacial score (nSPS) is 21.0. The fourth-order valence-corrected chi connectivity index (χ4v) is 3.89. The van der Waals surface area contributed by atoms with Crippen LogP contribution in [0.1, 0.15) is 19.4 Å². The van der Waals surface area contributed by atoms with Crippen molar-refractivity contribution in [1.82, 2.24) is 8.61 Å². The van der Waals surface area contributed by atoms with Crippen LogP contribution in [0.5, 0.6) is 0 Å². The number of rotatable bonds is 4. The summed E-state index contributed by atoms with van der Waals surface area (Å²) in [6.45, 7) is 3.77. The van der Waals surface area contributed by atoms with Crippen molar-refractivity contribution in [3.8, 4) is 0 Å². The van der Waals surface area contributed by atoms with Crippen molar-refractivity contribution in [3.63, 3.8) is 0 Å². The molecule has 0 spiro atoms. The fraction of sp³-hybridized carbons (Fsp3) is 0.400. The lowest BCUT2D eigenvalue weighted by atomic mass is 10.1. The summed E-state index contributed by atoms with van der Waals surface area (Å²) in [6.07, 6.45) is 1.38. The van der Waals surface area contributed by atoms with Crippen LogP contribution in [0.4, 0.5) is 0 Å². The molecule has 0 saturated heterocycles. The first-order valence-corrected chi connectivity index (χ1v) is 9.34. The third-order valence-electron chi connectivity index (χ3n) is 3.70. The average molecular weight is 403 g/mol. The summed E-state index contributed by atoms with van der Waals surface area (Å²) in [5, 5.41) is 0. The first-order valence-electron chi connectivity index (χ1n) is 7.15. The van der Waals surface area contributed by atoms with Crippen LogP contribution >= 0.6 is 15.9 Å². The van der Waals surface area contributed by atoms with Gasteiger partial charge in [0.05, 0.1) is 24.8 Å². The lowest BCUT2D eigenvalue weighted by Crippen LogP contribution is -2.49. The first kappa shape index (κ1) is 18.0. The van der Waals surface area contributed by atoms with E-state index in [-0.39, 0.29) is 13.2 Å². The summed E-state index contributed by atoms with van der Waals surface area (Å²) in [6, 6.07) is 6.77. The highest BCUT2D eigenvalue weighted by molar-refractivity contribution is 9.10. The van der Waals surface area contributed by atoms with Crippen LogP contribution in [0.3, 0.4) is 0 Å². The molecule has 1 atom stereocenters. The van der Waals surface area contributed by atoms with E-state index < -0.39 is 22.2 Å². The number of benzene rings is 1. The molecule has 0 N–H and O–H groups in total. The highest BCUT2D eigenvalue weighted by Gasteiger charge is 2.38. The minimum absolute atomic E-state index is 0.148. The summed E-state index contributed by atoms with van der Waals surface area (Å²) in [7, 11) is -2.21. The molecule has 2 rings (SSSR count). The Balaban J connectivity index is 2.37. The molecule has 1 unspecified atom stereocenters. The van der Waals surface area contributed by atoms with Crippen LogP contribution in [0.15, 0.2) is 40.5 Å². The number of likely N-dealkylation sites (N-methyl/N-ethyl adjacent to an activating group) is 1. The van der Waals surface area contributed by atoms with Gasteiger partial charge in [-0.3, -0.25) is 4.31 Å². The zero-order valence-electron chi connectivity index (χ0n) is 13.2. The second kappa shape index (κ2) is 7.02. The van der Waals surface area contributed by atoms with Crippen molar-refractivity contribution in [2.75, 3.05) is 13.7 Å². The van der Waals surface area contributed by atoms with E-state index in [2.05, 4.69) is 15.9 Å². The number of ether oxygens (including phenoxy) is 1. The maximum absolute atomic E-state index is 12.6. The molecular weight excluding hydrogens is 384 g/mol. The van der Waals surface area contributed by atoms with Gasteiger partial charge in [-0.25, -0.2) is 4.79 Å². The van der Waals surface area contributed by atoms with Crippen LogP contribution in [0.2, 0.25) is 0 Å². The van der Waals surface area contributed by atoms with Gasteiger partial charge in [0.2, 0.25) is 0 Å². The summed E-state index contributed by atoms with van der Waals surface area (Å²) in [5.41, 5.74) is 1.14. The van der Waals surface area contributed by atoms with Gasteiger partial charge >= 0.3 is 16.2 Å². The third kappa shape index (κ3) is 3.76. The number of halogens is 1. The van der Waals surface area contributed by atoms with Crippen molar-refractivity contribution in [2.24, 2.45) is 0 Å². The first-order chi connectivity index (χ1) is 10.8. The molecule has 0 aromatic heterocycles. The Morgan fingerprint density at radius 3 is 2.48 bits per heavy atom. The second-order valence-electron chi connectivity index (χ2n) is 5.18. The Hall–Kier alpha value is -1.38. The number of hydrogen-bond acceptors (Lipinski definition) is 4. The molecule has 1 heterocycles. The van der Waals surface area contributed by atoms with Gasteiger partial charge < -0.3 is 4.74 Å². The van der Waals surface area contributed by atoms with E-state index in [1.165, 1.54) is 21.9 Å². The zero-order chi connectivity index (χ0) is 17.2. The van der Waals surface area contributed by atoms with E-state index in [9.17, 15) is 13.2 Å². The molecule has 1 aromatic rings. The van der Waals surface area contributed by atoms with E-state index in [1.807, 2.05) is 24.3 Å². The fourth-order valence-electron chi connectivity index (χ4n) is 2.23. The van der Waals surface area contributed by atoms with Crippen LogP contribution in [-0.2, 0) is 26.3 Å². The molecule has 0 radical (unpaired) electrons. The number of hydrogen-bond donors (Lipinski definition) is 0. The molecule has 8 heteroatoms. The average Bonchev–Trinajstić information content (AvgIpc) is 2.50. The van der Waals surface area contributed by atoms with Crippen LogP contribution in [0, 0.1) is 0 Å². The van der Waals surface area contributed by atoms with Crippen LogP contribution in [0.25, 0.3) is 0 Å². The van der Waals surface area contributed by atoms with Gasteiger partial charge in [0.1, 0.15) is 0 Å². The smallest absolute Gasteiger partial charge is 0.337 e. The molecule has 6 nitrogen and oxygen atoms in total. The topological polar surface area (TPSA) is 66.9 Å². The number of carbonyl (C=O) groups excluding carboxylic acids is 1. The van der Waals surface area contributed by atoms with Crippen molar-refractivity contribution >= 4 is 32.1 Å². The van der Waals surface area contributed by atoms with Gasteiger partial charge in [0, 0.05) is 17.7 Å². The number of nitrogens with zero attached hydrogens (tertiary/aromatic N) is 2. The lowest BCUT2D eigenvalue weighted by molar-refractivity contribution is -0.139. The molecule has 1 aromatic carbocycles. The Morgan fingerprint density at radius 2 is 1.91 bits per heavy atom. The molecule has 0 saturated carbocycles. The van der Waals surface area contributed by atoms with Crippen molar-refractivity contribution in [2.45, 2.75) is 26.4 Å². The largest absolute Gasteiger partial charge is 0.463 e. The number of carbonyl (C=O) groups is 1. The lowest BCUT2D eigenvalue weighted by Gasteiger charge is -2.36. The third-order valence-corrected chi connectivity index (χ3v) is 6.10. The van der Waals surface area contributed by atoms with E-state index in [0.717, 1.165) is 10.0 Å². The molecule has 23 heavy (non-hydrogen) atoms. The predicted molar refractivity (Wildman–Crippen MR) is 90.5 cm³/mol. The summed E-state index contributed by atoms with van der Waals surface area (Å²) in [5.74, 6) is -0.498. The van der Waals surface area contributed by atoms with Crippen molar-refractivity contribution < 1.29 is 17.9 Å². The van der Waals surface area contributed by atoms with Gasteiger partial charge in [-0.2, -0.15) is 12.7 Å². The summed E-state index contributed by atoms with van der Waals surface area (Å²) in [4.78, 5) is 12.1. The minimum atomic E-state index is -3.67. The molecule has 126 valence electrons. The van der Waals surface area contributed by atoms with Gasteiger partial charge in [-0.15, -0.1) is 0 Å². The summed E-state index contributed by atoms with van der Waals surface area (Å²) >= 11 is 3.34. The molecule has 0 bridgehead atoms. The van der Waals surface area contributed by atoms with Gasteiger partial charge in [0.25, 0.3) is 0 Å². The summed E-state index contributed by atoms with van der Waals surface area (Å²) < 4.78 is 33.4. The van der Waals surface area contributed by atoms with Crippen LogP contribution < -0.4 is 0 Å². The van der Waals surface area contributed by atoms with Gasteiger partial charge in [-0.1, -0.05) is 28.1 Å². The highest BCUT2D eigenvalue weighted by Crippen LogP contribution is 2.26. The highest BCUT2D eigenvalue weighted by atomic mass is 79.9. The molecule has 1 aliphatic heterocycles. The molecular formula is C15H19BrN2O4S. The van der Waals surface area contributed by atoms with Crippen molar-refractivity contribution in [1.29, 1.82) is 0 Å². The Labute approximate surface area is 145 Å². The van der Waals surface area contributed by atoms with E-state index >= 15 is 0 Å². The monoisotopic (exact) mass is 402 g/mol. The second-order valence-corrected chi connectivity index (χ2v) is 8.03. The quantitative estimate of drug-likeness (QED) is 0.724. The van der Waals surface area contributed by atoms with E-state index in [1.54, 1.807) is 13.8 Å². The van der Waals surface area contributed by atoms with Gasteiger partial charge in [0.15, 0.2) is 0 Å². The Bertz CT molecular complexity index is 715. The number of esters is 1. The Morgan fingerprint density at radius 1 is 1.30 bits per heavy atom. The van der Waals surface area contributed by atoms with Crippen molar-refractivity contribution in [3.05, 3.63) is 46.1 Å².